The zero-order chi connectivity index (χ0) is 39.9. The lowest BCUT2D eigenvalue weighted by Crippen LogP contribution is -2.21. The quantitative estimate of drug-likeness (QED) is 0.0540. The zero-order valence-corrected chi connectivity index (χ0v) is 39.9. The molecule has 0 amide bonds. The normalized spacial score (nSPS) is 12.0. The molecule has 0 N–H and O–H groups in total. The van der Waals surface area contributed by atoms with Gasteiger partial charge in [0.15, 0.2) is 0 Å². The van der Waals surface area contributed by atoms with E-state index in [0.717, 1.165) is 0 Å². The summed E-state index contributed by atoms with van der Waals surface area (Å²) in [5.41, 5.74) is 0.662. The zero-order valence-electron chi connectivity index (χ0n) is 39.9. The Morgan fingerprint density at radius 1 is 0.145 bits per heavy atom. The van der Waals surface area contributed by atoms with Crippen molar-refractivity contribution in [1.29, 1.82) is 0 Å². The molecule has 0 aromatic rings. The second-order valence-electron chi connectivity index (χ2n) is 19.3. The van der Waals surface area contributed by atoms with E-state index in [2.05, 4.69) is 27.7 Å². The average Bonchev–Trinajstić information content (AvgIpc) is 3.19. The number of hydrogen-bond acceptors (Lipinski definition) is 0. The Bertz CT molecular complexity index is 584. The monoisotopic (exact) mass is 773 g/mol. The highest BCUT2D eigenvalue weighted by Gasteiger charge is 2.28. The highest BCUT2D eigenvalue weighted by atomic mass is 14.3. The third-order valence-electron chi connectivity index (χ3n) is 13.7. The lowest BCUT2D eigenvalue weighted by molar-refractivity contribution is 0.171. The van der Waals surface area contributed by atoms with Gasteiger partial charge in [-0.25, -0.2) is 0 Å². The van der Waals surface area contributed by atoms with Crippen LogP contribution in [0.3, 0.4) is 0 Å². The Hall–Kier alpha value is 0. The van der Waals surface area contributed by atoms with E-state index in [4.69, 9.17) is 0 Å². The fourth-order valence-electron chi connectivity index (χ4n) is 9.76. The third-order valence-corrected chi connectivity index (χ3v) is 13.7. The minimum atomic E-state index is 0.662. The van der Waals surface area contributed by atoms with E-state index in [1.165, 1.54) is 295 Å². The van der Waals surface area contributed by atoms with Crippen molar-refractivity contribution in [3.63, 3.8) is 0 Å². The summed E-state index contributed by atoms with van der Waals surface area (Å²) >= 11 is 0. The minimum Gasteiger partial charge on any atom is -0.0654 e. The Morgan fingerprint density at radius 2 is 0.255 bits per heavy atom. The van der Waals surface area contributed by atoms with Crippen LogP contribution in [0.4, 0.5) is 0 Å². The van der Waals surface area contributed by atoms with Crippen LogP contribution in [-0.2, 0) is 0 Å². The second kappa shape index (κ2) is 48.4. The van der Waals surface area contributed by atoms with Gasteiger partial charge < -0.3 is 0 Å². The average molecular weight is 774 g/mol. The molecule has 0 aliphatic carbocycles. The molecule has 0 aromatic carbocycles. The lowest BCUT2D eigenvalue weighted by atomic mass is 9.70. The Morgan fingerprint density at radius 3 is 0.382 bits per heavy atom. The molecule has 55 heavy (non-hydrogen) atoms. The number of rotatable bonds is 50. The van der Waals surface area contributed by atoms with Gasteiger partial charge in [-0.2, -0.15) is 0 Å². The van der Waals surface area contributed by atoms with E-state index in [-0.39, 0.29) is 0 Å². The maximum absolute atomic E-state index is 2.34. The van der Waals surface area contributed by atoms with E-state index in [1.54, 1.807) is 25.7 Å². The minimum absolute atomic E-state index is 0.662. The second-order valence-corrected chi connectivity index (χ2v) is 19.3. The first kappa shape index (κ1) is 55.0. The summed E-state index contributed by atoms with van der Waals surface area (Å²) in [5, 5.41) is 0. The highest BCUT2D eigenvalue weighted by molar-refractivity contribution is 4.80. The first-order chi connectivity index (χ1) is 27.2. The molecule has 0 aliphatic heterocycles. The molecule has 0 radical (unpaired) electrons. The van der Waals surface area contributed by atoms with Crippen LogP contribution in [0.15, 0.2) is 0 Å². The molecular formula is C55H112. The fourth-order valence-corrected chi connectivity index (χ4v) is 9.76. The third kappa shape index (κ3) is 43.4. The number of hydrogen-bond donors (Lipinski definition) is 0. The molecule has 332 valence electrons. The first-order valence-corrected chi connectivity index (χ1v) is 27.2. The van der Waals surface area contributed by atoms with Gasteiger partial charge >= 0.3 is 0 Å². The van der Waals surface area contributed by atoms with Crippen molar-refractivity contribution >= 4 is 0 Å². The summed E-state index contributed by atoms with van der Waals surface area (Å²) in [4.78, 5) is 0. The molecule has 0 heteroatoms. The van der Waals surface area contributed by atoms with Crippen molar-refractivity contribution in [3.8, 4) is 0 Å². The summed E-state index contributed by atoms with van der Waals surface area (Å²) in [6.45, 7) is 9.34. The van der Waals surface area contributed by atoms with Gasteiger partial charge in [-0.15, -0.1) is 0 Å². The van der Waals surface area contributed by atoms with Crippen LogP contribution in [0.2, 0.25) is 0 Å². The highest BCUT2D eigenvalue weighted by Crippen LogP contribution is 2.42. The maximum atomic E-state index is 2.34. The van der Waals surface area contributed by atoms with E-state index in [0.29, 0.717) is 5.41 Å². The first-order valence-electron chi connectivity index (χ1n) is 27.2. The predicted octanol–water partition coefficient (Wildman–Crippen LogP) is 21.6. The molecule has 0 bridgehead atoms. The van der Waals surface area contributed by atoms with Gasteiger partial charge in [0.1, 0.15) is 0 Å². The smallest absolute Gasteiger partial charge is 0.0297 e. The molecule has 0 rings (SSSR count). The predicted molar refractivity (Wildman–Crippen MR) is 256 cm³/mol. The van der Waals surface area contributed by atoms with Crippen LogP contribution in [0.1, 0.15) is 349 Å². The van der Waals surface area contributed by atoms with Gasteiger partial charge in [-0.3, -0.25) is 0 Å². The summed E-state index contributed by atoms with van der Waals surface area (Å²) in [6.07, 6.45) is 74.2. The Kier molecular flexibility index (Phi) is 48.4. The van der Waals surface area contributed by atoms with Gasteiger partial charge in [0.05, 0.1) is 0 Å². The van der Waals surface area contributed by atoms with E-state index in [9.17, 15) is 0 Å². The molecule has 0 spiro atoms. The molecule has 0 saturated heterocycles. The molecule has 0 saturated carbocycles. The summed E-state index contributed by atoms with van der Waals surface area (Å²) < 4.78 is 0. The van der Waals surface area contributed by atoms with Crippen molar-refractivity contribution < 1.29 is 0 Å². The van der Waals surface area contributed by atoms with Gasteiger partial charge in [-0.05, 0) is 31.1 Å². The molecule has 0 nitrogen and oxygen atoms in total. The van der Waals surface area contributed by atoms with Crippen LogP contribution in [0.25, 0.3) is 0 Å². The van der Waals surface area contributed by atoms with Crippen molar-refractivity contribution in [2.75, 3.05) is 0 Å². The maximum Gasteiger partial charge on any atom is -0.0297 e. The van der Waals surface area contributed by atoms with E-state index >= 15 is 0 Å². The summed E-state index contributed by atoms with van der Waals surface area (Å²) in [7, 11) is 0. The van der Waals surface area contributed by atoms with E-state index < -0.39 is 0 Å². The molecule has 0 heterocycles. The van der Waals surface area contributed by atoms with E-state index in [1.807, 2.05) is 0 Å². The van der Waals surface area contributed by atoms with Gasteiger partial charge in [0.25, 0.3) is 0 Å². The van der Waals surface area contributed by atoms with Gasteiger partial charge in [0.2, 0.25) is 0 Å². The van der Waals surface area contributed by atoms with Crippen molar-refractivity contribution in [2.24, 2.45) is 5.41 Å². The van der Waals surface area contributed by atoms with Crippen molar-refractivity contribution in [1.82, 2.24) is 0 Å². The molecule has 0 fully saturated rings. The van der Waals surface area contributed by atoms with Gasteiger partial charge in [0, 0.05) is 0 Å². The van der Waals surface area contributed by atoms with Crippen molar-refractivity contribution in [2.45, 2.75) is 349 Å². The van der Waals surface area contributed by atoms with Crippen LogP contribution >= 0.6 is 0 Å². The Labute approximate surface area is 352 Å². The SMILES string of the molecule is CCCCCCCCCCCCCCCC(CCCCCCCCCCCCC)(CCCCCCCCCCCCC)CCCCCCCCCCCCC. The molecular weight excluding hydrogens is 661 g/mol. The lowest BCUT2D eigenvalue weighted by Gasteiger charge is -2.35. The van der Waals surface area contributed by atoms with Crippen LogP contribution < -0.4 is 0 Å². The Balaban J connectivity index is 4.89. The van der Waals surface area contributed by atoms with Crippen LogP contribution in [0, 0.1) is 5.41 Å². The molecule has 0 unspecified atom stereocenters. The topological polar surface area (TPSA) is 0 Å². The van der Waals surface area contributed by atoms with Crippen molar-refractivity contribution in [3.05, 3.63) is 0 Å². The molecule has 0 aromatic heterocycles. The summed E-state index contributed by atoms with van der Waals surface area (Å²) in [5.74, 6) is 0. The molecule has 0 atom stereocenters. The van der Waals surface area contributed by atoms with Crippen LogP contribution in [-0.4, -0.2) is 0 Å². The summed E-state index contributed by atoms with van der Waals surface area (Å²) in [6, 6.07) is 0. The molecule has 0 aliphatic rings. The van der Waals surface area contributed by atoms with Gasteiger partial charge in [-0.1, -0.05) is 323 Å². The fraction of sp³-hybridized carbons (Fsp3) is 1.00. The largest absolute Gasteiger partial charge is 0.0654 e. The van der Waals surface area contributed by atoms with Crippen LogP contribution in [0.5, 0.6) is 0 Å². The number of unbranched alkanes of at least 4 members (excludes halogenated alkanes) is 42. The standard InChI is InChI=1S/C55H112/c1-5-9-13-17-21-25-29-30-34-38-42-46-50-54-55(51-47-43-39-35-31-26-22-18-14-10-6-2,52-48-44-40-36-32-27-23-19-15-11-7-3)53-49-45-41-37-33-28-24-20-16-12-8-4/h5-54H2,1-4H3.